The molecule has 2 unspecified atom stereocenters. The fourth-order valence-corrected chi connectivity index (χ4v) is 2.26. The van der Waals surface area contributed by atoms with Gasteiger partial charge in [0.25, 0.3) is 0 Å². The zero-order valence-electron chi connectivity index (χ0n) is 10.7. The number of para-hydroxylation sites is 1. The largest absolute Gasteiger partial charge is 0.312 e. The fourth-order valence-electron chi connectivity index (χ4n) is 2.26. The minimum absolute atomic E-state index is 0.897. The molecule has 1 aromatic carbocycles. The molecule has 0 amide bonds. The molecular formula is C15H19N3. The number of aromatic nitrogens is 2. The first-order valence-corrected chi connectivity index (χ1v) is 6.62. The third kappa shape index (κ3) is 2.62. The van der Waals surface area contributed by atoms with Crippen LogP contribution >= 0.6 is 0 Å². The normalized spacial score (nSPS) is 22.1. The van der Waals surface area contributed by atoms with Crippen LogP contribution in [0, 0.1) is 11.8 Å². The molecule has 94 valence electrons. The summed E-state index contributed by atoms with van der Waals surface area (Å²) < 4.78 is 1.93. The second-order valence-electron chi connectivity index (χ2n) is 5.23. The van der Waals surface area contributed by atoms with Crippen LogP contribution in [0.1, 0.15) is 18.9 Å². The molecule has 1 aliphatic carbocycles. The van der Waals surface area contributed by atoms with Gasteiger partial charge in [0.15, 0.2) is 0 Å². The summed E-state index contributed by atoms with van der Waals surface area (Å²) >= 11 is 0. The van der Waals surface area contributed by atoms with E-state index in [1.165, 1.54) is 12.0 Å². The van der Waals surface area contributed by atoms with Gasteiger partial charge in [-0.15, -0.1) is 0 Å². The summed E-state index contributed by atoms with van der Waals surface area (Å²) in [6.07, 6.45) is 5.42. The Balaban J connectivity index is 1.56. The highest BCUT2D eigenvalue weighted by atomic mass is 15.3. The zero-order chi connectivity index (χ0) is 12.4. The SMILES string of the molecule is CC1CC1CNCc1cnn(-c2ccccc2)c1. The van der Waals surface area contributed by atoms with Crippen LogP contribution in [-0.2, 0) is 6.54 Å². The molecule has 1 heterocycles. The molecule has 18 heavy (non-hydrogen) atoms. The van der Waals surface area contributed by atoms with Gasteiger partial charge in [0.2, 0.25) is 0 Å². The van der Waals surface area contributed by atoms with Crippen LogP contribution in [-0.4, -0.2) is 16.3 Å². The van der Waals surface area contributed by atoms with Crippen LogP contribution in [0.2, 0.25) is 0 Å². The summed E-state index contributed by atoms with van der Waals surface area (Å²) in [6.45, 7) is 4.37. The molecular weight excluding hydrogens is 222 g/mol. The number of hydrogen-bond donors (Lipinski definition) is 1. The van der Waals surface area contributed by atoms with E-state index in [0.29, 0.717) is 0 Å². The number of benzene rings is 1. The van der Waals surface area contributed by atoms with Gasteiger partial charge in [0, 0.05) is 18.3 Å². The van der Waals surface area contributed by atoms with Crippen LogP contribution in [0.4, 0.5) is 0 Å². The van der Waals surface area contributed by atoms with Crippen molar-refractivity contribution in [1.82, 2.24) is 15.1 Å². The average Bonchev–Trinajstić information content (AvgIpc) is 2.92. The highest BCUT2D eigenvalue weighted by Gasteiger charge is 2.31. The maximum atomic E-state index is 4.39. The number of rotatable bonds is 5. The van der Waals surface area contributed by atoms with E-state index < -0.39 is 0 Å². The molecule has 2 atom stereocenters. The lowest BCUT2D eigenvalue weighted by atomic mass is 10.3. The van der Waals surface area contributed by atoms with Crippen molar-refractivity contribution in [1.29, 1.82) is 0 Å². The molecule has 0 bridgehead atoms. The Morgan fingerprint density at radius 1 is 1.33 bits per heavy atom. The third-order valence-electron chi connectivity index (χ3n) is 3.67. The molecule has 1 N–H and O–H groups in total. The lowest BCUT2D eigenvalue weighted by Gasteiger charge is -2.01. The Hall–Kier alpha value is -1.61. The van der Waals surface area contributed by atoms with Crippen LogP contribution in [0.15, 0.2) is 42.7 Å². The monoisotopic (exact) mass is 241 g/mol. The van der Waals surface area contributed by atoms with Gasteiger partial charge in [-0.25, -0.2) is 4.68 Å². The minimum Gasteiger partial charge on any atom is -0.312 e. The van der Waals surface area contributed by atoms with Gasteiger partial charge in [-0.1, -0.05) is 25.1 Å². The van der Waals surface area contributed by atoms with E-state index in [-0.39, 0.29) is 0 Å². The molecule has 1 aliphatic rings. The van der Waals surface area contributed by atoms with Gasteiger partial charge >= 0.3 is 0 Å². The highest BCUT2D eigenvalue weighted by molar-refractivity contribution is 5.30. The van der Waals surface area contributed by atoms with E-state index in [9.17, 15) is 0 Å². The second kappa shape index (κ2) is 4.94. The summed E-state index contributed by atoms with van der Waals surface area (Å²) in [5.41, 5.74) is 2.35. The Morgan fingerprint density at radius 3 is 2.83 bits per heavy atom. The molecule has 3 nitrogen and oxygen atoms in total. The standard InChI is InChI=1S/C15H19N3/c1-12-7-14(12)10-16-8-13-9-17-18(11-13)15-5-3-2-4-6-15/h2-6,9,11-12,14,16H,7-8,10H2,1H3. The van der Waals surface area contributed by atoms with Crippen molar-refractivity contribution in [2.24, 2.45) is 11.8 Å². The average molecular weight is 241 g/mol. The van der Waals surface area contributed by atoms with Crippen LogP contribution in [0.25, 0.3) is 5.69 Å². The van der Waals surface area contributed by atoms with E-state index in [0.717, 1.165) is 30.6 Å². The fraction of sp³-hybridized carbons (Fsp3) is 0.400. The smallest absolute Gasteiger partial charge is 0.0645 e. The van der Waals surface area contributed by atoms with E-state index >= 15 is 0 Å². The molecule has 2 aromatic rings. The van der Waals surface area contributed by atoms with E-state index in [1.54, 1.807) is 0 Å². The quantitative estimate of drug-likeness (QED) is 0.872. The van der Waals surface area contributed by atoms with Crippen molar-refractivity contribution in [3.8, 4) is 5.69 Å². The predicted octanol–water partition coefficient (Wildman–Crippen LogP) is 2.62. The minimum atomic E-state index is 0.897. The van der Waals surface area contributed by atoms with Crippen molar-refractivity contribution >= 4 is 0 Å². The van der Waals surface area contributed by atoms with Crippen LogP contribution < -0.4 is 5.32 Å². The van der Waals surface area contributed by atoms with Crippen molar-refractivity contribution in [2.45, 2.75) is 19.9 Å². The van der Waals surface area contributed by atoms with Gasteiger partial charge in [0.05, 0.1) is 11.9 Å². The summed E-state index contributed by atoms with van der Waals surface area (Å²) in [5.74, 6) is 1.82. The Morgan fingerprint density at radius 2 is 2.11 bits per heavy atom. The Labute approximate surface area is 108 Å². The van der Waals surface area contributed by atoms with Gasteiger partial charge in [0.1, 0.15) is 0 Å². The topological polar surface area (TPSA) is 29.9 Å². The van der Waals surface area contributed by atoms with Gasteiger partial charge in [-0.2, -0.15) is 5.10 Å². The summed E-state index contributed by atoms with van der Waals surface area (Å²) in [7, 11) is 0. The van der Waals surface area contributed by atoms with Gasteiger partial charge in [-0.05, 0) is 36.9 Å². The molecule has 1 saturated carbocycles. The first-order valence-electron chi connectivity index (χ1n) is 6.62. The molecule has 1 aromatic heterocycles. The molecule has 1 fully saturated rings. The molecule has 0 spiro atoms. The maximum Gasteiger partial charge on any atom is 0.0645 e. The van der Waals surface area contributed by atoms with E-state index in [1.807, 2.05) is 29.1 Å². The number of hydrogen-bond acceptors (Lipinski definition) is 2. The molecule has 0 radical (unpaired) electrons. The number of nitrogens with one attached hydrogen (secondary N) is 1. The summed E-state index contributed by atoms with van der Waals surface area (Å²) in [5, 5.41) is 7.90. The van der Waals surface area contributed by atoms with Gasteiger partial charge in [-0.3, -0.25) is 0 Å². The van der Waals surface area contributed by atoms with Crippen molar-refractivity contribution in [2.75, 3.05) is 6.54 Å². The maximum absolute atomic E-state index is 4.39. The van der Waals surface area contributed by atoms with Crippen LogP contribution in [0.3, 0.4) is 0 Å². The molecule has 0 saturated heterocycles. The predicted molar refractivity (Wildman–Crippen MR) is 72.5 cm³/mol. The van der Waals surface area contributed by atoms with E-state index in [2.05, 4.69) is 35.7 Å². The zero-order valence-corrected chi connectivity index (χ0v) is 10.7. The summed E-state index contributed by atoms with van der Waals surface area (Å²) in [6, 6.07) is 10.2. The third-order valence-corrected chi connectivity index (χ3v) is 3.67. The molecule has 3 rings (SSSR count). The van der Waals surface area contributed by atoms with Crippen LogP contribution in [0.5, 0.6) is 0 Å². The van der Waals surface area contributed by atoms with Gasteiger partial charge < -0.3 is 5.32 Å². The van der Waals surface area contributed by atoms with Crippen molar-refractivity contribution in [3.05, 3.63) is 48.3 Å². The lowest BCUT2D eigenvalue weighted by molar-refractivity contribution is 0.612. The summed E-state index contributed by atoms with van der Waals surface area (Å²) in [4.78, 5) is 0. The Bertz CT molecular complexity index is 503. The lowest BCUT2D eigenvalue weighted by Crippen LogP contribution is -2.16. The number of nitrogens with zero attached hydrogens (tertiary/aromatic N) is 2. The van der Waals surface area contributed by atoms with Crippen molar-refractivity contribution in [3.63, 3.8) is 0 Å². The first kappa shape index (κ1) is 11.5. The van der Waals surface area contributed by atoms with E-state index in [4.69, 9.17) is 0 Å². The molecule has 0 aliphatic heterocycles. The van der Waals surface area contributed by atoms with Crippen molar-refractivity contribution < 1.29 is 0 Å². The molecule has 3 heteroatoms. The first-order chi connectivity index (χ1) is 8.83. The second-order valence-corrected chi connectivity index (χ2v) is 5.23. The highest BCUT2D eigenvalue weighted by Crippen LogP contribution is 2.36. The Kier molecular flexibility index (Phi) is 3.15.